The van der Waals surface area contributed by atoms with Gasteiger partial charge in [-0.15, -0.1) is 0 Å². The lowest BCUT2D eigenvalue weighted by Gasteiger charge is -2.47. The molecule has 1 rings (SSSR count). The summed E-state index contributed by atoms with van der Waals surface area (Å²) in [7, 11) is 0. The van der Waals surface area contributed by atoms with Gasteiger partial charge in [-0.1, -0.05) is 13.8 Å². The van der Waals surface area contributed by atoms with Crippen LogP contribution in [0.2, 0.25) is 0 Å². The molecule has 1 atom stereocenters. The summed E-state index contributed by atoms with van der Waals surface area (Å²) in [6, 6.07) is -0.392. The van der Waals surface area contributed by atoms with Gasteiger partial charge < -0.3 is 10.4 Å². The van der Waals surface area contributed by atoms with E-state index in [0.29, 0.717) is 12.5 Å². The molecule has 1 aliphatic rings. The van der Waals surface area contributed by atoms with Crippen molar-refractivity contribution in [3.8, 4) is 0 Å². The number of rotatable bonds is 3. The van der Waals surface area contributed by atoms with E-state index in [-0.39, 0.29) is 18.1 Å². The number of aliphatic hydroxyl groups is 1. The van der Waals surface area contributed by atoms with Crippen molar-refractivity contribution in [2.45, 2.75) is 39.3 Å². The van der Waals surface area contributed by atoms with E-state index in [0.717, 1.165) is 6.54 Å². The number of piperazine rings is 1. The number of carbonyl (C=O) groups excluding carboxylic acids is 1. The summed E-state index contributed by atoms with van der Waals surface area (Å²) >= 11 is 0. The molecule has 1 aliphatic heterocycles. The summed E-state index contributed by atoms with van der Waals surface area (Å²) in [5.41, 5.74) is -0.0778. The standard InChI is InChI=1S/C11H22N2O2/c1-8(2)5-13-9(6-14)10(15)12-7-11(13,3)4/h8-9,14H,5-7H2,1-4H3,(H,12,15). The summed E-state index contributed by atoms with van der Waals surface area (Å²) in [5, 5.41) is 12.1. The van der Waals surface area contributed by atoms with Crippen LogP contribution in [-0.2, 0) is 4.79 Å². The average molecular weight is 214 g/mol. The Balaban J connectivity index is 2.84. The first-order valence-corrected chi connectivity index (χ1v) is 5.54. The van der Waals surface area contributed by atoms with Crippen molar-refractivity contribution in [3.63, 3.8) is 0 Å². The number of nitrogens with one attached hydrogen (secondary N) is 1. The highest BCUT2D eigenvalue weighted by Crippen LogP contribution is 2.22. The summed E-state index contributed by atoms with van der Waals surface area (Å²) in [6.45, 7) is 9.81. The van der Waals surface area contributed by atoms with E-state index in [1.165, 1.54) is 0 Å². The Labute approximate surface area is 91.6 Å². The maximum atomic E-state index is 11.6. The summed E-state index contributed by atoms with van der Waals surface area (Å²) in [4.78, 5) is 13.7. The minimum Gasteiger partial charge on any atom is -0.394 e. The van der Waals surface area contributed by atoms with Gasteiger partial charge in [0.25, 0.3) is 0 Å². The number of hydrogen-bond donors (Lipinski definition) is 2. The Morgan fingerprint density at radius 2 is 2.20 bits per heavy atom. The van der Waals surface area contributed by atoms with Crippen LogP contribution >= 0.6 is 0 Å². The van der Waals surface area contributed by atoms with Crippen LogP contribution in [0.25, 0.3) is 0 Å². The fraction of sp³-hybridized carbons (Fsp3) is 0.909. The van der Waals surface area contributed by atoms with Gasteiger partial charge in [-0.2, -0.15) is 0 Å². The van der Waals surface area contributed by atoms with Crippen molar-refractivity contribution in [1.29, 1.82) is 0 Å². The van der Waals surface area contributed by atoms with E-state index in [1.54, 1.807) is 0 Å². The Hall–Kier alpha value is -0.610. The fourth-order valence-electron chi connectivity index (χ4n) is 2.04. The number of nitrogens with zero attached hydrogens (tertiary/aromatic N) is 1. The second kappa shape index (κ2) is 4.49. The largest absolute Gasteiger partial charge is 0.394 e. The molecule has 0 saturated carbocycles. The van der Waals surface area contributed by atoms with Gasteiger partial charge in [-0.25, -0.2) is 0 Å². The smallest absolute Gasteiger partial charge is 0.239 e. The molecule has 0 radical (unpaired) electrons. The van der Waals surface area contributed by atoms with E-state index >= 15 is 0 Å². The lowest BCUT2D eigenvalue weighted by molar-refractivity contribution is -0.137. The molecular formula is C11H22N2O2. The average Bonchev–Trinajstić information content (AvgIpc) is 2.12. The topological polar surface area (TPSA) is 52.6 Å². The van der Waals surface area contributed by atoms with Crippen LogP contribution < -0.4 is 5.32 Å². The molecule has 88 valence electrons. The predicted molar refractivity (Wildman–Crippen MR) is 59.5 cm³/mol. The van der Waals surface area contributed by atoms with Crippen LogP contribution in [0.3, 0.4) is 0 Å². The van der Waals surface area contributed by atoms with Crippen molar-refractivity contribution in [2.75, 3.05) is 19.7 Å². The van der Waals surface area contributed by atoms with E-state index in [9.17, 15) is 9.90 Å². The third kappa shape index (κ3) is 2.69. The molecule has 4 nitrogen and oxygen atoms in total. The minimum absolute atomic E-state index is 0.0579. The van der Waals surface area contributed by atoms with Crippen molar-refractivity contribution < 1.29 is 9.90 Å². The summed E-state index contributed by atoms with van der Waals surface area (Å²) < 4.78 is 0. The second-order valence-electron chi connectivity index (χ2n) is 5.27. The van der Waals surface area contributed by atoms with E-state index in [2.05, 4.69) is 37.9 Å². The zero-order valence-corrected chi connectivity index (χ0v) is 10.1. The first-order valence-electron chi connectivity index (χ1n) is 5.54. The van der Waals surface area contributed by atoms with Gasteiger partial charge in [0.15, 0.2) is 0 Å². The highest BCUT2D eigenvalue weighted by molar-refractivity contribution is 5.83. The Bertz CT molecular complexity index is 239. The summed E-state index contributed by atoms with van der Waals surface area (Å²) in [5.74, 6) is 0.432. The van der Waals surface area contributed by atoms with Crippen molar-refractivity contribution in [3.05, 3.63) is 0 Å². The first kappa shape index (κ1) is 12.5. The van der Waals surface area contributed by atoms with Gasteiger partial charge in [0.2, 0.25) is 5.91 Å². The molecule has 0 aliphatic carbocycles. The Morgan fingerprint density at radius 1 is 1.60 bits per heavy atom. The van der Waals surface area contributed by atoms with Crippen molar-refractivity contribution in [2.24, 2.45) is 5.92 Å². The van der Waals surface area contributed by atoms with Crippen LogP contribution in [0.5, 0.6) is 0 Å². The molecule has 2 N–H and O–H groups in total. The van der Waals surface area contributed by atoms with Gasteiger partial charge in [0.05, 0.1) is 6.61 Å². The molecule has 0 aromatic carbocycles. The number of carbonyl (C=O) groups is 1. The Kier molecular flexibility index (Phi) is 3.73. The van der Waals surface area contributed by atoms with Gasteiger partial charge >= 0.3 is 0 Å². The van der Waals surface area contributed by atoms with E-state index in [1.807, 2.05) is 0 Å². The molecule has 1 amide bonds. The van der Waals surface area contributed by atoms with Crippen molar-refractivity contribution >= 4 is 5.91 Å². The molecular weight excluding hydrogens is 192 g/mol. The molecule has 0 aromatic rings. The fourth-order valence-corrected chi connectivity index (χ4v) is 2.04. The predicted octanol–water partition coefficient (Wildman–Crippen LogP) is 0.214. The Morgan fingerprint density at radius 3 is 2.67 bits per heavy atom. The number of amides is 1. The van der Waals surface area contributed by atoms with Gasteiger partial charge in [0.1, 0.15) is 6.04 Å². The lowest BCUT2D eigenvalue weighted by Crippen LogP contribution is -2.67. The van der Waals surface area contributed by atoms with Crippen LogP contribution in [0.1, 0.15) is 27.7 Å². The molecule has 4 heteroatoms. The van der Waals surface area contributed by atoms with Crippen LogP contribution in [0.4, 0.5) is 0 Å². The molecule has 1 saturated heterocycles. The zero-order chi connectivity index (χ0) is 11.6. The molecule has 0 bridgehead atoms. The first-order chi connectivity index (χ1) is 6.88. The highest BCUT2D eigenvalue weighted by atomic mass is 16.3. The monoisotopic (exact) mass is 214 g/mol. The van der Waals surface area contributed by atoms with Crippen molar-refractivity contribution in [1.82, 2.24) is 10.2 Å². The zero-order valence-electron chi connectivity index (χ0n) is 10.1. The molecule has 1 fully saturated rings. The lowest BCUT2D eigenvalue weighted by atomic mass is 9.94. The third-order valence-corrected chi connectivity index (χ3v) is 2.89. The molecule has 0 spiro atoms. The molecule has 15 heavy (non-hydrogen) atoms. The highest BCUT2D eigenvalue weighted by Gasteiger charge is 2.40. The third-order valence-electron chi connectivity index (χ3n) is 2.89. The maximum Gasteiger partial charge on any atom is 0.239 e. The maximum absolute atomic E-state index is 11.6. The van der Waals surface area contributed by atoms with Crippen LogP contribution in [-0.4, -0.2) is 47.2 Å². The van der Waals surface area contributed by atoms with Gasteiger partial charge in [-0.05, 0) is 19.8 Å². The van der Waals surface area contributed by atoms with Crippen LogP contribution in [0, 0.1) is 5.92 Å². The van der Waals surface area contributed by atoms with Crippen LogP contribution in [0.15, 0.2) is 0 Å². The normalized spacial score (nSPS) is 26.8. The number of aliphatic hydroxyl groups excluding tert-OH is 1. The minimum atomic E-state index is -0.392. The van der Waals surface area contributed by atoms with E-state index < -0.39 is 6.04 Å². The molecule has 1 unspecified atom stereocenters. The second-order valence-corrected chi connectivity index (χ2v) is 5.27. The SMILES string of the molecule is CC(C)CN1C(CO)C(=O)NCC1(C)C. The summed E-state index contributed by atoms with van der Waals surface area (Å²) in [6.07, 6.45) is 0. The van der Waals surface area contributed by atoms with Gasteiger partial charge in [-0.3, -0.25) is 9.69 Å². The quantitative estimate of drug-likeness (QED) is 0.706. The van der Waals surface area contributed by atoms with E-state index in [4.69, 9.17) is 0 Å². The molecule has 0 aromatic heterocycles. The number of hydrogen-bond acceptors (Lipinski definition) is 3. The van der Waals surface area contributed by atoms with Gasteiger partial charge in [0, 0.05) is 18.6 Å². The molecule has 1 heterocycles.